The summed E-state index contributed by atoms with van der Waals surface area (Å²) in [6, 6.07) is 67.5. The van der Waals surface area contributed by atoms with Crippen LogP contribution < -0.4 is 0 Å². The number of benzene rings is 9. The Hall–Kier alpha value is -8.08. The average molecular weight is 761 g/mol. The number of hydrogen-bond donors (Lipinski definition) is 0. The third-order valence-electron chi connectivity index (χ3n) is 12.5. The standard InChI is InChI=1S/C56H32N4/c1-2-12-34(13-3-1)54-58-55(60-56(59-54)50-24-8-14-33-15-11-29-57-53(33)50)37-31-35(38-25-27-48-42-18-6-4-16-40(42)46-22-9-20-44(38)51(46)48)30-36(32-37)39-26-28-49-43-19-7-5-17-41(43)47-23-10-21-45(39)52(47)49/h1-32H. The van der Waals surface area contributed by atoms with Crippen molar-refractivity contribution in [2.24, 2.45) is 0 Å². The first-order valence-corrected chi connectivity index (χ1v) is 20.4. The highest BCUT2D eigenvalue weighted by molar-refractivity contribution is 6.20. The second-order valence-electron chi connectivity index (χ2n) is 15.7. The van der Waals surface area contributed by atoms with E-state index in [0.717, 1.165) is 38.7 Å². The van der Waals surface area contributed by atoms with E-state index in [0.29, 0.717) is 17.5 Å². The Balaban J connectivity index is 1.09. The zero-order valence-corrected chi connectivity index (χ0v) is 32.3. The maximum atomic E-state index is 5.31. The number of nitrogens with zero attached hydrogens (tertiary/aromatic N) is 4. The Bertz CT molecular complexity index is 3390. The van der Waals surface area contributed by atoms with Crippen molar-refractivity contribution in [1.82, 2.24) is 19.9 Å². The second kappa shape index (κ2) is 12.7. The van der Waals surface area contributed by atoms with Gasteiger partial charge in [-0.05, 0) is 119 Å². The molecule has 4 nitrogen and oxygen atoms in total. The molecule has 0 atom stereocenters. The largest absolute Gasteiger partial charge is 0.255 e. The van der Waals surface area contributed by atoms with Gasteiger partial charge in [0.2, 0.25) is 0 Å². The summed E-state index contributed by atoms with van der Waals surface area (Å²) in [5.74, 6) is 1.80. The van der Waals surface area contributed by atoms with Crippen LogP contribution in [0.4, 0.5) is 0 Å². The molecule has 0 unspecified atom stereocenters. The molecule has 2 aromatic heterocycles. The second-order valence-corrected chi connectivity index (χ2v) is 15.7. The van der Waals surface area contributed by atoms with Crippen LogP contribution in [0.1, 0.15) is 0 Å². The molecule has 4 heteroatoms. The van der Waals surface area contributed by atoms with Crippen LogP contribution >= 0.6 is 0 Å². The maximum absolute atomic E-state index is 5.31. The predicted octanol–water partition coefficient (Wildman–Crippen LogP) is 14.4. The molecule has 0 aliphatic heterocycles. The number of aromatic nitrogens is 4. The van der Waals surface area contributed by atoms with Crippen molar-refractivity contribution in [3.63, 3.8) is 0 Å². The SMILES string of the molecule is c1ccc(-c2nc(-c3cc(-c4ccc5c6c(cccc46)-c4ccccc4-5)cc(-c4ccc5c6c(cccc46)-c4ccccc4-5)c3)nc(-c3cccc4cccnc34)n2)cc1. The molecule has 0 amide bonds. The van der Waals surface area contributed by atoms with Gasteiger partial charge in [0.05, 0.1) is 5.52 Å². The monoisotopic (exact) mass is 760 g/mol. The molecule has 0 N–H and O–H groups in total. The molecule has 11 aromatic rings. The number of fused-ring (bicyclic) bond motifs is 7. The molecular formula is C56H32N4. The van der Waals surface area contributed by atoms with Gasteiger partial charge >= 0.3 is 0 Å². The van der Waals surface area contributed by atoms with Crippen LogP contribution in [-0.4, -0.2) is 19.9 Å². The zero-order chi connectivity index (χ0) is 39.3. The van der Waals surface area contributed by atoms with Gasteiger partial charge in [0.15, 0.2) is 17.5 Å². The first kappa shape index (κ1) is 32.9. The highest BCUT2D eigenvalue weighted by atomic mass is 15.0. The summed E-state index contributed by atoms with van der Waals surface area (Å²) in [6.45, 7) is 0. The Kier molecular flexibility index (Phi) is 6.98. The van der Waals surface area contributed by atoms with E-state index in [4.69, 9.17) is 19.9 Å². The van der Waals surface area contributed by atoms with Gasteiger partial charge in [-0.1, -0.05) is 158 Å². The minimum absolute atomic E-state index is 0.585. The van der Waals surface area contributed by atoms with E-state index >= 15 is 0 Å². The van der Waals surface area contributed by atoms with E-state index in [9.17, 15) is 0 Å². The van der Waals surface area contributed by atoms with Crippen molar-refractivity contribution in [3.8, 4) is 101 Å². The molecule has 276 valence electrons. The lowest BCUT2D eigenvalue weighted by molar-refractivity contribution is 1.07. The minimum Gasteiger partial charge on any atom is -0.255 e. The van der Waals surface area contributed by atoms with Crippen molar-refractivity contribution >= 4 is 32.4 Å². The molecule has 0 spiro atoms. The Morgan fingerprint density at radius 1 is 0.267 bits per heavy atom. The van der Waals surface area contributed by atoms with Gasteiger partial charge in [0.25, 0.3) is 0 Å². The molecule has 2 aliphatic rings. The zero-order valence-electron chi connectivity index (χ0n) is 32.3. The molecule has 0 saturated heterocycles. The molecule has 0 radical (unpaired) electrons. The van der Waals surface area contributed by atoms with E-state index in [2.05, 4.69) is 158 Å². The van der Waals surface area contributed by atoms with Gasteiger partial charge < -0.3 is 0 Å². The smallest absolute Gasteiger partial charge is 0.166 e. The van der Waals surface area contributed by atoms with E-state index in [1.165, 1.54) is 77.2 Å². The summed E-state index contributed by atoms with van der Waals surface area (Å²) in [5.41, 5.74) is 18.3. The summed E-state index contributed by atoms with van der Waals surface area (Å²) < 4.78 is 0. The number of rotatable bonds is 5. The highest BCUT2D eigenvalue weighted by Gasteiger charge is 2.25. The van der Waals surface area contributed by atoms with Crippen molar-refractivity contribution in [2.75, 3.05) is 0 Å². The van der Waals surface area contributed by atoms with Crippen LogP contribution in [0.5, 0.6) is 0 Å². The van der Waals surface area contributed by atoms with E-state index < -0.39 is 0 Å². The number of pyridine rings is 1. The molecular weight excluding hydrogens is 729 g/mol. The van der Waals surface area contributed by atoms with E-state index in [1.807, 2.05) is 36.5 Å². The van der Waals surface area contributed by atoms with Crippen molar-refractivity contribution in [3.05, 3.63) is 194 Å². The molecule has 0 saturated carbocycles. The van der Waals surface area contributed by atoms with Crippen LogP contribution in [0.15, 0.2) is 194 Å². The highest BCUT2D eigenvalue weighted by Crippen LogP contribution is 2.52. The van der Waals surface area contributed by atoms with Gasteiger partial charge in [-0.15, -0.1) is 0 Å². The number of para-hydroxylation sites is 1. The van der Waals surface area contributed by atoms with Crippen LogP contribution in [0.2, 0.25) is 0 Å². The molecule has 0 fully saturated rings. The third kappa shape index (κ3) is 4.85. The molecule has 9 aromatic carbocycles. The first-order chi connectivity index (χ1) is 29.7. The third-order valence-corrected chi connectivity index (χ3v) is 12.5. The van der Waals surface area contributed by atoms with Crippen LogP contribution in [0.25, 0.3) is 133 Å². The molecule has 60 heavy (non-hydrogen) atoms. The molecule has 2 aliphatic carbocycles. The quantitative estimate of drug-likeness (QED) is 0.175. The van der Waals surface area contributed by atoms with Crippen molar-refractivity contribution in [2.45, 2.75) is 0 Å². The Labute approximate surface area is 346 Å². The lowest BCUT2D eigenvalue weighted by atomic mass is 9.89. The fraction of sp³-hybridized carbons (Fsp3) is 0. The Morgan fingerprint density at radius 3 is 1.30 bits per heavy atom. The van der Waals surface area contributed by atoms with E-state index in [1.54, 1.807) is 0 Å². The van der Waals surface area contributed by atoms with Gasteiger partial charge in [0.1, 0.15) is 0 Å². The molecule has 13 rings (SSSR count). The van der Waals surface area contributed by atoms with Crippen molar-refractivity contribution < 1.29 is 0 Å². The van der Waals surface area contributed by atoms with Crippen LogP contribution in [0, 0.1) is 0 Å². The summed E-state index contributed by atoms with van der Waals surface area (Å²) in [7, 11) is 0. The lowest BCUT2D eigenvalue weighted by Gasteiger charge is -2.16. The summed E-state index contributed by atoms with van der Waals surface area (Å²) in [6.07, 6.45) is 1.83. The van der Waals surface area contributed by atoms with Gasteiger partial charge in [0, 0.05) is 28.3 Å². The van der Waals surface area contributed by atoms with Gasteiger partial charge in [-0.2, -0.15) is 0 Å². The summed E-state index contributed by atoms with van der Waals surface area (Å²) in [4.78, 5) is 20.5. The molecule has 2 heterocycles. The summed E-state index contributed by atoms with van der Waals surface area (Å²) in [5, 5.41) is 6.07. The van der Waals surface area contributed by atoms with E-state index in [-0.39, 0.29) is 0 Å². The fourth-order valence-electron chi connectivity index (χ4n) is 9.81. The number of hydrogen-bond acceptors (Lipinski definition) is 4. The topological polar surface area (TPSA) is 51.6 Å². The van der Waals surface area contributed by atoms with Crippen LogP contribution in [0.3, 0.4) is 0 Å². The maximum Gasteiger partial charge on any atom is 0.166 e. The van der Waals surface area contributed by atoms with Gasteiger partial charge in [-0.25, -0.2) is 15.0 Å². The average Bonchev–Trinajstić information content (AvgIpc) is 3.83. The summed E-state index contributed by atoms with van der Waals surface area (Å²) >= 11 is 0. The minimum atomic E-state index is 0.585. The normalized spacial score (nSPS) is 12.0. The van der Waals surface area contributed by atoms with Crippen LogP contribution in [-0.2, 0) is 0 Å². The predicted molar refractivity (Wildman–Crippen MR) is 246 cm³/mol. The molecule has 0 bridgehead atoms. The van der Waals surface area contributed by atoms with Gasteiger partial charge in [-0.3, -0.25) is 4.98 Å². The Morgan fingerprint density at radius 2 is 0.700 bits per heavy atom. The van der Waals surface area contributed by atoms with Crippen molar-refractivity contribution in [1.29, 1.82) is 0 Å². The lowest BCUT2D eigenvalue weighted by Crippen LogP contribution is -2.01. The fourth-order valence-corrected chi connectivity index (χ4v) is 9.81. The first-order valence-electron chi connectivity index (χ1n) is 20.4.